The monoisotopic (exact) mass is 353 g/mol. The average Bonchev–Trinajstić information content (AvgIpc) is 3.09. The smallest absolute Gasteiger partial charge is 0.261 e. The minimum absolute atomic E-state index is 0.00427. The topological polar surface area (TPSA) is 53.6 Å². The van der Waals surface area contributed by atoms with Crippen LogP contribution in [-0.4, -0.2) is 18.3 Å². The lowest BCUT2D eigenvalue weighted by Crippen LogP contribution is -2.42. The Labute approximate surface area is 152 Å². The maximum Gasteiger partial charge on any atom is 0.261 e. The minimum atomic E-state index is 0.00427. The van der Waals surface area contributed by atoms with Crippen LogP contribution in [-0.2, 0) is 17.9 Å². The van der Waals surface area contributed by atoms with Crippen molar-refractivity contribution < 1.29 is 13.9 Å². The van der Waals surface area contributed by atoms with Gasteiger partial charge in [-0.3, -0.25) is 4.79 Å². The summed E-state index contributed by atoms with van der Waals surface area (Å²) in [5.74, 6) is 0.850. The van der Waals surface area contributed by atoms with E-state index in [1.165, 1.54) is 6.42 Å². The van der Waals surface area contributed by atoms with Gasteiger partial charge >= 0.3 is 0 Å². The van der Waals surface area contributed by atoms with Gasteiger partial charge in [0.25, 0.3) is 5.56 Å². The second-order valence-electron chi connectivity index (χ2n) is 7.17. The third-order valence-electron chi connectivity index (χ3n) is 5.27. The third-order valence-corrected chi connectivity index (χ3v) is 5.27. The summed E-state index contributed by atoms with van der Waals surface area (Å²) >= 11 is 0. The number of methoxy groups -OCH3 is 1. The number of ether oxygens (including phenoxy) is 2. The SMILES string of the molecule is COCc1cccc(OCC2(Cn3ccc4occc4c3=O)CCC2)c1. The predicted octanol–water partition coefficient (Wildman–Crippen LogP) is 3.99. The van der Waals surface area contributed by atoms with Gasteiger partial charge in [-0.05, 0) is 42.7 Å². The van der Waals surface area contributed by atoms with E-state index in [2.05, 4.69) is 0 Å². The van der Waals surface area contributed by atoms with E-state index in [0.29, 0.717) is 30.7 Å². The molecule has 0 atom stereocenters. The van der Waals surface area contributed by atoms with Gasteiger partial charge in [-0.25, -0.2) is 0 Å². The zero-order valence-corrected chi connectivity index (χ0v) is 14.9. The molecule has 1 fully saturated rings. The Kier molecular flexibility index (Phi) is 4.55. The van der Waals surface area contributed by atoms with Gasteiger partial charge in [0.1, 0.15) is 11.3 Å². The number of furan rings is 1. The summed E-state index contributed by atoms with van der Waals surface area (Å²) in [7, 11) is 1.69. The van der Waals surface area contributed by atoms with Crippen LogP contribution in [0.1, 0.15) is 24.8 Å². The number of nitrogens with zero attached hydrogens (tertiary/aromatic N) is 1. The molecule has 0 amide bonds. The van der Waals surface area contributed by atoms with Crippen molar-refractivity contribution in [3.8, 4) is 5.75 Å². The fraction of sp³-hybridized carbons (Fsp3) is 0.381. The normalized spacial score (nSPS) is 15.7. The van der Waals surface area contributed by atoms with Crippen molar-refractivity contribution in [1.29, 1.82) is 0 Å². The number of hydrogen-bond donors (Lipinski definition) is 0. The number of rotatable bonds is 7. The molecule has 1 aromatic carbocycles. The van der Waals surface area contributed by atoms with E-state index in [0.717, 1.165) is 24.2 Å². The van der Waals surface area contributed by atoms with E-state index in [1.54, 1.807) is 24.0 Å². The standard InChI is InChI=1S/C21H23NO4/c1-24-13-16-4-2-5-17(12-16)26-15-21(8-3-9-21)14-22-10-6-19-18(20(22)23)7-11-25-19/h2,4-7,10-12H,3,8-9,13-15H2,1H3. The Morgan fingerprint density at radius 1 is 1.23 bits per heavy atom. The van der Waals surface area contributed by atoms with Crippen molar-refractivity contribution in [3.63, 3.8) is 0 Å². The molecule has 0 unspecified atom stereocenters. The maximum atomic E-state index is 12.6. The first-order chi connectivity index (χ1) is 12.7. The molecule has 5 heteroatoms. The van der Waals surface area contributed by atoms with Gasteiger partial charge in [0.2, 0.25) is 0 Å². The molecule has 0 aliphatic heterocycles. The second-order valence-corrected chi connectivity index (χ2v) is 7.17. The number of fused-ring (bicyclic) bond motifs is 1. The minimum Gasteiger partial charge on any atom is -0.493 e. The van der Waals surface area contributed by atoms with Crippen molar-refractivity contribution in [3.05, 3.63) is 64.8 Å². The quantitative estimate of drug-likeness (QED) is 0.644. The average molecular weight is 353 g/mol. The van der Waals surface area contributed by atoms with Crippen LogP contribution in [0.4, 0.5) is 0 Å². The molecule has 1 aliphatic rings. The lowest BCUT2D eigenvalue weighted by molar-refractivity contribution is 0.0386. The van der Waals surface area contributed by atoms with Crippen molar-refractivity contribution in [1.82, 2.24) is 4.57 Å². The lowest BCUT2D eigenvalue weighted by atomic mass is 9.69. The van der Waals surface area contributed by atoms with Crippen LogP contribution in [0.15, 0.2) is 58.1 Å². The molecule has 1 aliphatic carbocycles. The molecule has 26 heavy (non-hydrogen) atoms. The van der Waals surface area contributed by atoms with Crippen LogP contribution in [0.2, 0.25) is 0 Å². The fourth-order valence-corrected chi connectivity index (χ4v) is 3.65. The summed E-state index contributed by atoms with van der Waals surface area (Å²) in [6.07, 6.45) is 6.70. The summed E-state index contributed by atoms with van der Waals surface area (Å²) in [6, 6.07) is 11.6. The largest absolute Gasteiger partial charge is 0.493 e. The van der Waals surface area contributed by atoms with Gasteiger partial charge in [0.15, 0.2) is 0 Å². The first-order valence-electron chi connectivity index (χ1n) is 8.96. The summed E-state index contributed by atoms with van der Waals surface area (Å²) in [6.45, 7) is 1.85. The maximum absolute atomic E-state index is 12.6. The molecular weight excluding hydrogens is 330 g/mol. The Bertz CT molecular complexity index is 952. The van der Waals surface area contributed by atoms with Crippen molar-refractivity contribution >= 4 is 11.0 Å². The van der Waals surface area contributed by atoms with E-state index in [9.17, 15) is 4.79 Å². The molecule has 0 spiro atoms. The third kappa shape index (κ3) is 3.27. The Balaban J connectivity index is 1.49. The molecule has 136 valence electrons. The molecule has 0 N–H and O–H groups in total. The van der Waals surface area contributed by atoms with E-state index in [1.807, 2.05) is 36.5 Å². The molecule has 4 rings (SSSR count). The lowest BCUT2D eigenvalue weighted by Gasteiger charge is -2.41. The summed E-state index contributed by atoms with van der Waals surface area (Å²) in [4.78, 5) is 12.6. The Morgan fingerprint density at radius 3 is 2.88 bits per heavy atom. The molecular formula is C21H23NO4. The highest BCUT2D eigenvalue weighted by atomic mass is 16.5. The van der Waals surface area contributed by atoms with Crippen LogP contribution in [0, 0.1) is 5.41 Å². The first kappa shape index (κ1) is 16.9. The summed E-state index contributed by atoms with van der Waals surface area (Å²) in [5.41, 5.74) is 1.75. The fourth-order valence-electron chi connectivity index (χ4n) is 3.65. The summed E-state index contributed by atoms with van der Waals surface area (Å²) < 4.78 is 18.4. The zero-order valence-electron chi connectivity index (χ0n) is 14.9. The second kappa shape index (κ2) is 7.00. The molecule has 2 aromatic heterocycles. The van der Waals surface area contributed by atoms with Gasteiger partial charge in [-0.2, -0.15) is 0 Å². The van der Waals surface area contributed by atoms with Gasteiger partial charge in [-0.15, -0.1) is 0 Å². The molecule has 0 radical (unpaired) electrons. The van der Waals surface area contributed by atoms with Crippen molar-refractivity contribution in [2.75, 3.05) is 13.7 Å². The number of benzene rings is 1. The molecule has 1 saturated carbocycles. The highest BCUT2D eigenvalue weighted by Gasteiger charge is 2.38. The molecule has 3 aromatic rings. The van der Waals surface area contributed by atoms with E-state index in [4.69, 9.17) is 13.9 Å². The number of hydrogen-bond acceptors (Lipinski definition) is 4. The van der Waals surface area contributed by atoms with Crippen LogP contribution in [0.5, 0.6) is 5.75 Å². The van der Waals surface area contributed by atoms with Gasteiger partial charge in [0.05, 0.1) is 24.9 Å². The van der Waals surface area contributed by atoms with Crippen LogP contribution >= 0.6 is 0 Å². The zero-order chi connectivity index (χ0) is 18.0. The van der Waals surface area contributed by atoms with Gasteiger partial charge in [0, 0.05) is 25.3 Å². The van der Waals surface area contributed by atoms with Gasteiger partial charge in [-0.1, -0.05) is 18.6 Å². The molecule has 2 heterocycles. The number of pyridine rings is 1. The highest BCUT2D eigenvalue weighted by Crippen LogP contribution is 2.42. The molecule has 0 bridgehead atoms. The van der Waals surface area contributed by atoms with E-state index >= 15 is 0 Å². The van der Waals surface area contributed by atoms with Crippen molar-refractivity contribution in [2.45, 2.75) is 32.4 Å². The Hall–Kier alpha value is -2.53. The van der Waals surface area contributed by atoms with Crippen LogP contribution < -0.4 is 10.3 Å². The first-order valence-corrected chi connectivity index (χ1v) is 8.96. The molecule has 5 nitrogen and oxygen atoms in total. The van der Waals surface area contributed by atoms with Gasteiger partial charge < -0.3 is 18.5 Å². The van der Waals surface area contributed by atoms with Crippen LogP contribution in [0.3, 0.4) is 0 Å². The summed E-state index contributed by atoms with van der Waals surface area (Å²) in [5, 5.41) is 0.634. The van der Waals surface area contributed by atoms with Crippen LogP contribution in [0.25, 0.3) is 11.0 Å². The number of aromatic nitrogens is 1. The highest BCUT2D eigenvalue weighted by molar-refractivity contribution is 5.75. The predicted molar refractivity (Wildman–Crippen MR) is 99.4 cm³/mol. The molecule has 0 saturated heterocycles. The van der Waals surface area contributed by atoms with Crippen molar-refractivity contribution in [2.24, 2.45) is 5.41 Å². The van der Waals surface area contributed by atoms with E-state index in [-0.39, 0.29) is 11.0 Å². The Morgan fingerprint density at radius 2 is 2.12 bits per heavy atom. The van der Waals surface area contributed by atoms with E-state index < -0.39 is 0 Å².